The SMILES string of the molecule is C[C@H]1[C@H](OC(=O)CCC(=O)n2c3ccccc3c3ccccc32)O[C@@H]2O[C@@]3(C)CC[C@H]4[C@H](C)CC[C@@H]1[C@@]24OO3. The number of carbonyl (C=O) groups is 2. The first-order chi connectivity index (χ1) is 18.8. The summed E-state index contributed by atoms with van der Waals surface area (Å²) in [7, 11) is 0. The molecule has 8 atom stereocenters. The molecule has 0 amide bonds. The van der Waals surface area contributed by atoms with Gasteiger partial charge < -0.3 is 14.2 Å². The van der Waals surface area contributed by atoms with E-state index in [0.717, 1.165) is 47.5 Å². The second kappa shape index (κ2) is 9.13. The average molecular weight is 534 g/mol. The first kappa shape index (κ1) is 25.2. The van der Waals surface area contributed by atoms with Gasteiger partial charge in [0.05, 0.1) is 17.5 Å². The van der Waals surface area contributed by atoms with E-state index in [9.17, 15) is 9.59 Å². The second-order valence-electron chi connectivity index (χ2n) is 12.0. The molecule has 8 rings (SSSR count). The van der Waals surface area contributed by atoms with Crippen LogP contribution in [-0.2, 0) is 28.8 Å². The first-order valence-corrected chi connectivity index (χ1v) is 14.2. The van der Waals surface area contributed by atoms with Crippen LogP contribution in [-0.4, -0.2) is 40.4 Å². The van der Waals surface area contributed by atoms with Crippen LogP contribution < -0.4 is 0 Å². The van der Waals surface area contributed by atoms with E-state index in [-0.39, 0.29) is 36.5 Å². The Morgan fingerprint density at radius 3 is 2.33 bits per heavy atom. The Morgan fingerprint density at radius 1 is 0.923 bits per heavy atom. The van der Waals surface area contributed by atoms with Crippen molar-refractivity contribution < 1.29 is 33.6 Å². The van der Waals surface area contributed by atoms with E-state index in [1.54, 1.807) is 4.57 Å². The minimum Gasteiger partial charge on any atom is -0.435 e. The van der Waals surface area contributed by atoms with Crippen LogP contribution in [0, 0.1) is 23.7 Å². The highest BCUT2D eigenvalue weighted by Crippen LogP contribution is 2.60. The molecule has 4 aliphatic heterocycles. The maximum absolute atomic E-state index is 13.4. The molecule has 2 aromatic carbocycles. The number of aromatic nitrogens is 1. The van der Waals surface area contributed by atoms with Crippen LogP contribution in [0.2, 0.25) is 0 Å². The monoisotopic (exact) mass is 533 g/mol. The van der Waals surface area contributed by atoms with Crippen molar-refractivity contribution in [2.75, 3.05) is 0 Å². The summed E-state index contributed by atoms with van der Waals surface area (Å²) >= 11 is 0. The molecule has 206 valence electrons. The number of ether oxygens (including phenoxy) is 3. The maximum atomic E-state index is 13.4. The lowest BCUT2D eigenvalue weighted by atomic mass is 9.58. The molecule has 8 nitrogen and oxygen atoms in total. The molecule has 0 N–H and O–H groups in total. The summed E-state index contributed by atoms with van der Waals surface area (Å²) < 4.78 is 20.3. The van der Waals surface area contributed by atoms with Crippen molar-refractivity contribution in [3.8, 4) is 0 Å². The van der Waals surface area contributed by atoms with Crippen molar-refractivity contribution in [2.24, 2.45) is 23.7 Å². The number of fused-ring (bicyclic) bond motifs is 5. The van der Waals surface area contributed by atoms with Crippen molar-refractivity contribution in [3.05, 3.63) is 48.5 Å². The number of para-hydroxylation sites is 2. The molecule has 8 heteroatoms. The Hall–Kier alpha value is -2.78. The summed E-state index contributed by atoms with van der Waals surface area (Å²) in [5.74, 6) is -0.832. The predicted octanol–water partition coefficient (Wildman–Crippen LogP) is 5.97. The fourth-order valence-electron chi connectivity index (χ4n) is 7.71. The van der Waals surface area contributed by atoms with E-state index in [0.29, 0.717) is 5.92 Å². The predicted molar refractivity (Wildman–Crippen MR) is 142 cm³/mol. The quantitative estimate of drug-likeness (QED) is 0.302. The van der Waals surface area contributed by atoms with Gasteiger partial charge in [0.25, 0.3) is 0 Å². The molecule has 2 bridgehead atoms. The topological polar surface area (TPSA) is 85.2 Å². The van der Waals surface area contributed by atoms with Crippen molar-refractivity contribution in [1.29, 1.82) is 0 Å². The Morgan fingerprint density at radius 2 is 1.62 bits per heavy atom. The minimum absolute atomic E-state index is 0.0323. The number of rotatable bonds is 4. The van der Waals surface area contributed by atoms with Gasteiger partial charge in [0, 0.05) is 35.4 Å². The van der Waals surface area contributed by atoms with Crippen LogP contribution in [0.25, 0.3) is 21.8 Å². The highest BCUT2D eigenvalue weighted by atomic mass is 17.3. The number of carbonyl (C=O) groups excluding carboxylic acids is 2. The van der Waals surface area contributed by atoms with Crippen LogP contribution >= 0.6 is 0 Å². The molecule has 5 heterocycles. The van der Waals surface area contributed by atoms with E-state index in [1.807, 2.05) is 62.4 Å². The minimum atomic E-state index is -0.888. The summed E-state index contributed by atoms with van der Waals surface area (Å²) in [6.45, 7) is 6.19. The van der Waals surface area contributed by atoms with E-state index < -0.39 is 29.9 Å². The van der Waals surface area contributed by atoms with E-state index >= 15 is 0 Å². The molecular formula is C31H35NO7. The normalized spacial score (nSPS) is 37.4. The van der Waals surface area contributed by atoms with Gasteiger partial charge >= 0.3 is 5.97 Å². The number of esters is 1. The van der Waals surface area contributed by atoms with Gasteiger partial charge in [0.2, 0.25) is 18.0 Å². The third-order valence-corrected chi connectivity index (χ3v) is 9.72. The van der Waals surface area contributed by atoms with Crippen molar-refractivity contribution >= 4 is 33.7 Å². The zero-order valence-corrected chi connectivity index (χ0v) is 22.6. The lowest BCUT2D eigenvalue weighted by Gasteiger charge is -2.59. The molecule has 5 aliphatic rings. The Balaban J connectivity index is 1.08. The molecule has 1 aromatic heterocycles. The van der Waals surface area contributed by atoms with E-state index in [4.69, 9.17) is 24.0 Å². The molecule has 4 saturated heterocycles. The third-order valence-electron chi connectivity index (χ3n) is 9.72. The Bertz CT molecular complexity index is 1400. The standard InChI is InChI=1S/C31H35NO7/c1-18-12-13-23-19(2)28(36-29-31(23)22(18)16-17-30(3,37-29)38-39-31)35-27(34)15-14-26(33)32-24-10-6-4-8-20(24)21-9-5-7-11-25(21)32/h4-11,18-19,22-23,28-29H,12-17H2,1-3H3/t18-,19-,22+,23+,28-,29-,30-,31-/m1/s1. The van der Waals surface area contributed by atoms with Gasteiger partial charge in [-0.25, -0.2) is 9.78 Å². The van der Waals surface area contributed by atoms with Gasteiger partial charge in [-0.2, -0.15) is 0 Å². The molecule has 1 saturated carbocycles. The summed E-state index contributed by atoms with van der Waals surface area (Å²) in [5, 5.41) is 2.03. The molecule has 5 fully saturated rings. The van der Waals surface area contributed by atoms with Gasteiger partial charge in [0.1, 0.15) is 0 Å². The fourth-order valence-corrected chi connectivity index (χ4v) is 7.71. The van der Waals surface area contributed by atoms with E-state index in [1.165, 1.54) is 0 Å². The van der Waals surface area contributed by atoms with Crippen LogP contribution in [0.15, 0.2) is 48.5 Å². The Labute approximate surface area is 227 Å². The number of hydrogen-bond donors (Lipinski definition) is 0. The number of nitrogens with zero attached hydrogens (tertiary/aromatic N) is 1. The number of hydrogen-bond acceptors (Lipinski definition) is 7. The second-order valence-corrected chi connectivity index (χ2v) is 12.0. The summed E-state index contributed by atoms with van der Waals surface area (Å²) in [4.78, 5) is 38.5. The molecule has 0 unspecified atom stereocenters. The van der Waals surface area contributed by atoms with Crippen LogP contribution in [0.5, 0.6) is 0 Å². The smallest absolute Gasteiger partial charge is 0.308 e. The van der Waals surface area contributed by atoms with Gasteiger partial charge in [-0.15, -0.1) is 0 Å². The van der Waals surface area contributed by atoms with Gasteiger partial charge in [-0.05, 0) is 50.2 Å². The van der Waals surface area contributed by atoms with Crippen LogP contribution in [0.1, 0.15) is 64.1 Å². The number of benzene rings is 2. The molecule has 3 aromatic rings. The largest absolute Gasteiger partial charge is 0.435 e. The van der Waals surface area contributed by atoms with Crippen molar-refractivity contribution in [1.82, 2.24) is 4.57 Å². The molecule has 0 radical (unpaired) electrons. The third kappa shape index (κ3) is 3.79. The van der Waals surface area contributed by atoms with E-state index in [2.05, 4.69) is 6.92 Å². The fraction of sp³-hybridized carbons (Fsp3) is 0.548. The zero-order valence-electron chi connectivity index (χ0n) is 22.6. The van der Waals surface area contributed by atoms with Gasteiger partial charge in [-0.3, -0.25) is 14.2 Å². The lowest BCUT2D eigenvalue weighted by molar-refractivity contribution is -0.576. The van der Waals surface area contributed by atoms with Gasteiger partial charge in [0.15, 0.2) is 11.9 Å². The van der Waals surface area contributed by atoms with Crippen LogP contribution in [0.4, 0.5) is 0 Å². The highest BCUT2D eigenvalue weighted by molar-refractivity contribution is 6.13. The van der Waals surface area contributed by atoms with Crippen molar-refractivity contribution in [3.63, 3.8) is 0 Å². The van der Waals surface area contributed by atoms with Crippen LogP contribution in [0.3, 0.4) is 0 Å². The molecule has 1 spiro atoms. The maximum Gasteiger partial charge on any atom is 0.308 e. The van der Waals surface area contributed by atoms with Gasteiger partial charge in [-0.1, -0.05) is 50.2 Å². The Kier molecular flexibility index (Phi) is 5.90. The highest BCUT2D eigenvalue weighted by Gasteiger charge is 2.69. The summed E-state index contributed by atoms with van der Waals surface area (Å²) in [5.41, 5.74) is 0.968. The molecule has 39 heavy (non-hydrogen) atoms. The van der Waals surface area contributed by atoms with Crippen molar-refractivity contribution in [2.45, 2.75) is 83.3 Å². The average Bonchev–Trinajstić information content (AvgIpc) is 3.10. The summed E-state index contributed by atoms with van der Waals surface area (Å²) in [6, 6.07) is 15.7. The molecular weight excluding hydrogens is 498 g/mol. The summed E-state index contributed by atoms with van der Waals surface area (Å²) in [6.07, 6.45) is 2.20. The first-order valence-electron chi connectivity index (χ1n) is 14.2. The zero-order chi connectivity index (χ0) is 26.9. The lowest BCUT2D eigenvalue weighted by Crippen LogP contribution is -2.70. The molecule has 1 aliphatic carbocycles.